The SMILES string of the molecule is COc1ccc2ncc(Cl)c(C(F)CCC3(C(=O)O)CCN(CCCSc4ccsc4)CC3)c2c1. The molecule has 0 saturated carbocycles. The summed E-state index contributed by atoms with van der Waals surface area (Å²) < 4.78 is 20.9. The molecule has 35 heavy (non-hydrogen) atoms. The maximum absolute atomic E-state index is 15.6. The largest absolute Gasteiger partial charge is 0.497 e. The fourth-order valence-electron chi connectivity index (χ4n) is 4.75. The second kappa shape index (κ2) is 11.9. The van der Waals surface area contributed by atoms with Crippen LogP contribution in [-0.4, -0.2) is 53.5 Å². The number of carboxylic acids is 1. The van der Waals surface area contributed by atoms with Gasteiger partial charge < -0.3 is 14.7 Å². The zero-order valence-corrected chi connectivity index (χ0v) is 22.1. The van der Waals surface area contributed by atoms with Gasteiger partial charge in [0.2, 0.25) is 0 Å². The smallest absolute Gasteiger partial charge is 0.309 e. The van der Waals surface area contributed by atoms with Crippen LogP contribution < -0.4 is 4.74 Å². The number of hydrogen-bond donors (Lipinski definition) is 1. The molecule has 0 radical (unpaired) electrons. The van der Waals surface area contributed by atoms with Crippen molar-refractivity contribution in [1.82, 2.24) is 9.88 Å². The molecule has 0 bridgehead atoms. The minimum absolute atomic E-state index is 0.0968. The number of likely N-dealkylation sites (tertiary alicyclic amines) is 1. The number of thioether (sulfide) groups is 1. The highest BCUT2D eigenvalue weighted by Crippen LogP contribution is 2.42. The number of carboxylic acid groups (broad SMARTS) is 1. The molecule has 3 aromatic rings. The Balaban J connectivity index is 1.35. The molecule has 9 heteroatoms. The van der Waals surface area contributed by atoms with Crippen molar-refractivity contribution in [3.05, 3.63) is 51.8 Å². The van der Waals surface area contributed by atoms with E-state index in [1.54, 1.807) is 36.6 Å². The Labute approximate surface area is 218 Å². The Kier molecular flexibility index (Phi) is 8.92. The first-order chi connectivity index (χ1) is 16.9. The second-order valence-corrected chi connectivity index (χ2v) is 11.4. The molecule has 0 aliphatic carbocycles. The molecule has 1 aliphatic rings. The number of thiophene rings is 1. The normalized spacial score (nSPS) is 16.9. The summed E-state index contributed by atoms with van der Waals surface area (Å²) >= 11 is 9.92. The van der Waals surface area contributed by atoms with E-state index in [-0.39, 0.29) is 17.9 Å². The van der Waals surface area contributed by atoms with E-state index in [0.29, 0.717) is 35.1 Å². The highest BCUT2D eigenvalue weighted by molar-refractivity contribution is 7.99. The van der Waals surface area contributed by atoms with Crippen molar-refractivity contribution in [1.29, 1.82) is 0 Å². The molecular formula is C26H30ClFN2O3S2. The Morgan fingerprint density at radius 2 is 2.17 bits per heavy atom. The predicted molar refractivity (Wildman–Crippen MR) is 142 cm³/mol. The summed E-state index contributed by atoms with van der Waals surface area (Å²) in [5.41, 5.74) is 0.0853. The van der Waals surface area contributed by atoms with Crippen molar-refractivity contribution in [3.63, 3.8) is 0 Å². The molecule has 3 heterocycles. The Bertz CT molecular complexity index is 1140. The Morgan fingerprint density at radius 1 is 1.37 bits per heavy atom. The van der Waals surface area contributed by atoms with Gasteiger partial charge in [0, 0.05) is 27.4 Å². The maximum Gasteiger partial charge on any atom is 0.309 e. The van der Waals surface area contributed by atoms with Crippen LogP contribution in [0.4, 0.5) is 4.39 Å². The van der Waals surface area contributed by atoms with E-state index in [2.05, 4.69) is 26.7 Å². The van der Waals surface area contributed by atoms with Crippen molar-refractivity contribution < 1.29 is 19.0 Å². The number of pyridine rings is 1. The van der Waals surface area contributed by atoms with Crippen molar-refractivity contribution >= 4 is 51.6 Å². The van der Waals surface area contributed by atoms with Crippen LogP contribution in [0, 0.1) is 5.41 Å². The first-order valence-corrected chi connectivity index (χ1v) is 14.1. The molecule has 1 saturated heterocycles. The van der Waals surface area contributed by atoms with E-state index >= 15 is 4.39 Å². The van der Waals surface area contributed by atoms with Gasteiger partial charge in [-0.05, 0) is 87.1 Å². The van der Waals surface area contributed by atoms with E-state index in [4.69, 9.17) is 16.3 Å². The highest BCUT2D eigenvalue weighted by Gasteiger charge is 2.41. The molecule has 1 fully saturated rings. The van der Waals surface area contributed by atoms with Crippen molar-refractivity contribution in [2.75, 3.05) is 32.5 Å². The van der Waals surface area contributed by atoms with Gasteiger partial charge in [-0.2, -0.15) is 11.3 Å². The number of carbonyl (C=O) groups is 1. The van der Waals surface area contributed by atoms with Crippen LogP contribution in [-0.2, 0) is 4.79 Å². The van der Waals surface area contributed by atoms with E-state index in [1.165, 1.54) is 11.1 Å². The number of rotatable bonds is 11. The first-order valence-electron chi connectivity index (χ1n) is 11.8. The molecule has 1 aliphatic heterocycles. The van der Waals surface area contributed by atoms with Gasteiger partial charge in [-0.3, -0.25) is 9.78 Å². The summed E-state index contributed by atoms with van der Waals surface area (Å²) in [6.07, 6.45) is 2.57. The highest BCUT2D eigenvalue weighted by atomic mass is 35.5. The van der Waals surface area contributed by atoms with Crippen LogP contribution in [0.2, 0.25) is 5.02 Å². The number of hydrogen-bond acceptors (Lipinski definition) is 6. The minimum atomic E-state index is -1.39. The van der Waals surface area contributed by atoms with Crippen molar-refractivity contribution in [2.24, 2.45) is 5.41 Å². The van der Waals surface area contributed by atoms with Crippen molar-refractivity contribution in [3.8, 4) is 5.75 Å². The quantitative estimate of drug-likeness (QED) is 0.208. The molecule has 0 spiro atoms. The van der Waals surface area contributed by atoms with E-state index in [9.17, 15) is 9.90 Å². The maximum atomic E-state index is 15.6. The number of methoxy groups -OCH3 is 1. The Hall–Kier alpha value is -1.87. The molecule has 4 rings (SSSR count). The van der Waals surface area contributed by atoms with E-state index < -0.39 is 17.6 Å². The summed E-state index contributed by atoms with van der Waals surface area (Å²) in [4.78, 5) is 20.2. The summed E-state index contributed by atoms with van der Waals surface area (Å²) in [5, 5.41) is 15.2. The summed E-state index contributed by atoms with van der Waals surface area (Å²) in [7, 11) is 1.55. The number of aromatic nitrogens is 1. The topological polar surface area (TPSA) is 62.7 Å². The number of benzene rings is 1. The fourth-order valence-corrected chi connectivity index (χ4v) is 6.73. The average Bonchev–Trinajstić information content (AvgIpc) is 3.39. The monoisotopic (exact) mass is 536 g/mol. The predicted octanol–water partition coefficient (Wildman–Crippen LogP) is 7.10. The van der Waals surface area contributed by atoms with E-state index in [1.807, 2.05) is 11.8 Å². The molecule has 1 unspecified atom stereocenters. The second-order valence-electron chi connectivity index (χ2n) is 9.00. The zero-order valence-electron chi connectivity index (χ0n) is 19.7. The third-order valence-electron chi connectivity index (χ3n) is 6.91. The standard InChI is InChI=1S/C26H30ClFN2O3S2/c1-33-18-3-4-23-20(15-18)24(21(27)16-29-23)22(28)5-7-26(25(31)32)8-11-30(12-9-26)10-2-13-35-19-6-14-34-17-19/h3-4,6,14-17,22H,2,5,7-13H2,1H3,(H,31,32). The van der Waals surface area contributed by atoms with E-state index in [0.717, 1.165) is 31.8 Å². The van der Waals surface area contributed by atoms with Gasteiger partial charge in [0.15, 0.2) is 0 Å². The summed E-state index contributed by atoms with van der Waals surface area (Å²) in [5.74, 6) is 0.814. The van der Waals surface area contributed by atoms with Crippen molar-refractivity contribution in [2.45, 2.75) is 43.2 Å². The van der Waals surface area contributed by atoms with Gasteiger partial charge in [0.05, 0.1) is 23.1 Å². The van der Waals surface area contributed by atoms with Gasteiger partial charge in [0.1, 0.15) is 11.9 Å². The van der Waals surface area contributed by atoms with Gasteiger partial charge in [-0.1, -0.05) is 11.6 Å². The molecule has 188 valence electrons. The van der Waals surface area contributed by atoms with Gasteiger partial charge >= 0.3 is 5.97 Å². The third kappa shape index (κ3) is 6.28. The van der Waals surface area contributed by atoms with Crippen LogP contribution >= 0.6 is 34.7 Å². The lowest BCUT2D eigenvalue weighted by Gasteiger charge is -2.39. The van der Waals surface area contributed by atoms with Crippen LogP contribution in [0.25, 0.3) is 10.9 Å². The lowest BCUT2D eigenvalue weighted by molar-refractivity contribution is -0.153. The third-order valence-corrected chi connectivity index (χ3v) is 9.12. The average molecular weight is 537 g/mol. The summed E-state index contributed by atoms with van der Waals surface area (Å²) in [6.45, 7) is 2.41. The van der Waals surface area contributed by atoms with Gasteiger partial charge in [0.25, 0.3) is 0 Å². The lowest BCUT2D eigenvalue weighted by Crippen LogP contribution is -2.44. The molecule has 5 nitrogen and oxygen atoms in total. The van der Waals surface area contributed by atoms with Crippen LogP contribution in [0.5, 0.6) is 5.75 Å². The van der Waals surface area contributed by atoms with Gasteiger partial charge in [-0.15, -0.1) is 11.8 Å². The molecule has 1 N–H and O–H groups in total. The van der Waals surface area contributed by atoms with Crippen LogP contribution in [0.3, 0.4) is 0 Å². The van der Waals surface area contributed by atoms with Gasteiger partial charge in [-0.25, -0.2) is 4.39 Å². The zero-order chi connectivity index (χ0) is 24.8. The number of halogens is 2. The number of ether oxygens (including phenoxy) is 1. The minimum Gasteiger partial charge on any atom is -0.497 e. The Morgan fingerprint density at radius 3 is 2.86 bits per heavy atom. The first kappa shape index (κ1) is 26.2. The number of alkyl halides is 1. The van der Waals surface area contributed by atoms with Crippen LogP contribution in [0.1, 0.15) is 43.8 Å². The molecule has 0 amide bonds. The number of fused-ring (bicyclic) bond motifs is 1. The number of aliphatic carboxylic acids is 1. The van der Waals surface area contributed by atoms with Crippen LogP contribution in [0.15, 0.2) is 46.1 Å². The molecule has 1 aromatic carbocycles. The molecule has 2 aromatic heterocycles. The fraction of sp³-hybridized carbons (Fsp3) is 0.462. The number of piperidine rings is 1. The molecular weight excluding hydrogens is 507 g/mol. The molecule has 1 atom stereocenters. The number of nitrogens with zero attached hydrogens (tertiary/aromatic N) is 2. The summed E-state index contributed by atoms with van der Waals surface area (Å²) in [6, 6.07) is 7.41. The lowest BCUT2D eigenvalue weighted by atomic mass is 9.74.